The van der Waals surface area contributed by atoms with E-state index in [0.717, 1.165) is 18.0 Å². The summed E-state index contributed by atoms with van der Waals surface area (Å²) >= 11 is 5.95. The zero-order valence-corrected chi connectivity index (χ0v) is 15.0. The molecule has 2 aromatic rings. The van der Waals surface area contributed by atoms with Gasteiger partial charge in [0.05, 0.1) is 0 Å². The number of hydrogen-bond acceptors (Lipinski definition) is 3. The second-order valence-corrected chi connectivity index (χ2v) is 6.20. The number of H-pyrrole nitrogens is 1. The molecule has 0 aliphatic carbocycles. The number of amides is 2. The summed E-state index contributed by atoms with van der Waals surface area (Å²) in [6.07, 6.45) is 4.23. The van der Waals surface area contributed by atoms with Crippen LogP contribution in [0.1, 0.15) is 23.8 Å². The molecule has 6 nitrogen and oxygen atoms in total. The van der Waals surface area contributed by atoms with Gasteiger partial charge in [0, 0.05) is 48.6 Å². The van der Waals surface area contributed by atoms with Crippen molar-refractivity contribution >= 4 is 34.3 Å². The van der Waals surface area contributed by atoms with Crippen molar-refractivity contribution in [2.45, 2.75) is 19.4 Å². The maximum Gasteiger partial charge on any atom is 0.267 e. The third-order valence-electron chi connectivity index (χ3n) is 3.86. The first-order valence-electron chi connectivity index (χ1n) is 7.99. The van der Waals surface area contributed by atoms with E-state index in [1.165, 1.54) is 0 Å². The molecule has 134 valence electrons. The topological polar surface area (TPSA) is 85.4 Å². The number of aromatic amines is 1. The molecule has 1 aromatic heterocycles. The fourth-order valence-corrected chi connectivity index (χ4v) is 2.83. The number of nitrogens with zero attached hydrogens (tertiary/aromatic N) is 1. The van der Waals surface area contributed by atoms with Crippen LogP contribution in [0.2, 0.25) is 5.02 Å². The maximum absolute atomic E-state index is 12.3. The van der Waals surface area contributed by atoms with E-state index >= 15 is 0 Å². The zero-order chi connectivity index (χ0) is 18.4. The first-order chi connectivity index (χ1) is 12.0. The molecule has 7 heteroatoms. The van der Waals surface area contributed by atoms with Crippen LogP contribution in [-0.4, -0.2) is 53.0 Å². The van der Waals surface area contributed by atoms with Crippen molar-refractivity contribution < 1.29 is 14.7 Å². The van der Waals surface area contributed by atoms with Crippen molar-refractivity contribution in [2.75, 3.05) is 20.2 Å². The predicted octanol–water partition coefficient (Wildman–Crippen LogP) is 2.34. The molecule has 0 unspecified atom stereocenters. The van der Waals surface area contributed by atoms with Gasteiger partial charge in [-0.3, -0.25) is 9.59 Å². The lowest BCUT2D eigenvalue weighted by Crippen LogP contribution is -2.38. The lowest BCUT2D eigenvalue weighted by molar-refractivity contribution is -0.130. The number of carbonyl (C=O) groups excluding carboxylic acids is 2. The first kappa shape index (κ1) is 19.0. The van der Waals surface area contributed by atoms with E-state index in [4.69, 9.17) is 16.7 Å². The number of benzene rings is 1. The number of aliphatic hydroxyl groups excluding tert-OH is 1. The molecule has 1 aromatic carbocycles. The fourth-order valence-electron chi connectivity index (χ4n) is 2.65. The Kier molecular flexibility index (Phi) is 6.61. The van der Waals surface area contributed by atoms with Crippen molar-refractivity contribution in [1.82, 2.24) is 15.2 Å². The summed E-state index contributed by atoms with van der Waals surface area (Å²) in [5, 5.41) is 11.4. The second-order valence-electron chi connectivity index (χ2n) is 5.76. The van der Waals surface area contributed by atoms with E-state index in [1.807, 2.05) is 25.1 Å². The molecular weight excluding hydrogens is 342 g/mol. The minimum atomic E-state index is -0.231. The van der Waals surface area contributed by atoms with E-state index in [1.54, 1.807) is 23.1 Å². The molecule has 2 heterocycles. The second kappa shape index (κ2) is 8.69. The third-order valence-corrected chi connectivity index (χ3v) is 4.09. The van der Waals surface area contributed by atoms with E-state index in [-0.39, 0.29) is 17.9 Å². The van der Waals surface area contributed by atoms with Gasteiger partial charge in [0.15, 0.2) is 0 Å². The van der Waals surface area contributed by atoms with Gasteiger partial charge in [-0.25, -0.2) is 0 Å². The van der Waals surface area contributed by atoms with Crippen LogP contribution in [0.3, 0.4) is 0 Å². The van der Waals surface area contributed by atoms with Crippen LogP contribution < -0.4 is 5.32 Å². The normalized spacial score (nSPS) is 14.2. The van der Waals surface area contributed by atoms with Gasteiger partial charge in [0.1, 0.15) is 5.69 Å². The summed E-state index contributed by atoms with van der Waals surface area (Å²) in [5.74, 6) is -0.177. The van der Waals surface area contributed by atoms with Crippen molar-refractivity contribution in [1.29, 1.82) is 0 Å². The fraction of sp³-hybridized carbons (Fsp3) is 0.333. The Bertz CT molecular complexity index is 777. The molecule has 25 heavy (non-hydrogen) atoms. The van der Waals surface area contributed by atoms with Gasteiger partial charge in [0.2, 0.25) is 5.91 Å². The molecule has 0 fully saturated rings. The van der Waals surface area contributed by atoms with Gasteiger partial charge >= 0.3 is 0 Å². The Morgan fingerprint density at radius 1 is 1.28 bits per heavy atom. The number of carbonyl (C=O) groups is 2. The molecule has 0 radical (unpaired) electrons. The molecule has 0 spiro atoms. The van der Waals surface area contributed by atoms with Crippen LogP contribution in [0.4, 0.5) is 0 Å². The van der Waals surface area contributed by atoms with Gasteiger partial charge in [-0.05, 0) is 31.2 Å². The number of nitrogens with one attached hydrogen (secondary N) is 2. The number of aliphatic hydroxyl groups is 1. The Hall–Kier alpha value is -2.31. The quantitative estimate of drug-likeness (QED) is 0.729. The van der Waals surface area contributed by atoms with Crippen molar-refractivity contribution in [3.05, 3.63) is 47.1 Å². The van der Waals surface area contributed by atoms with Gasteiger partial charge in [-0.1, -0.05) is 23.8 Å². The molecule has 0 bridgehead atoms. The van der Waals surface area contributed by atoms with Gasteiger partial charge in [-0.2, -0.15) is 0 Å². The highest BCUT2D eigenvalue weighted by molar-refractivity contribution is 6.31. The Balaban J connectivity index is 0.00000109. The summed E-state index contributed by atoms with van der Waals surface area (Å²) in [5.41, 5.74) is 1.32. The molecule has 2 amide bonds. The number of rotatable bonds is 4. The summed E-state index contributed by atoms with van der Waals surface area (Å²) in [6.45, 7) is 3.14. The number of fused-ring (bicyclic) bond motifs is 1. The van der Waals surface area contributed by atoms with Crippen LogP contribution in [0.25, 0.3) is 10.9 Å². The molecular formula is C18H22ClN3O3. The number of hydrogen-bond donors (Lipinski definition) is 3. The van der Waals surface area contributed by atoms with Crippen LogP contribution in [0, 0.1) is 0 Å². The highest BCUT2D eigenvalue weighted by Crippen LogP contribution is 2.20. The molecule has 1 aliphatic rings. The highest BCUT2D eigenvalue weighted by Gasteiger charge is 2.19. The van der Waals surface area contributed by atoms with Crippen molar-refractivity contribution in [3.63, 3.8) is 0 Å². The van der Waals surface area contributed by atoms with Crippen LogP contribution in [-0.2, 0) is 4.79 Å². The van der Waals surface area contributed by atoms with Crippen molar-refractivity contribution in [2.24, 2.45) is 0 Å². The van der Waals surface area contributed by atoms with Crippen LogP contribution in [0.15, 0.2) is 36.4 Å². The molecule has 0 saturated heterocycles. The monoisotopic (exact) mass is 363 g/mol. The summed E-state index contributed by atoms with van der Waals surface area (Å²) < 4.78 is 0. The van der Waals surface area contributed by atoms with E-state index in [2.05, 4.69) is 10.3 Å². The van der Waals surface area contributed by atoms with Gasteiger partial charge in [-0.15, -0.1) is 0 Å². The summed E-state index contributed by atoms with van der Waals surface area (Å²) in [6, 6.07) is 6.94. The van der Waals surface area contributed by atoms with Crippen LogP contribution in [0.5, 0.6) is 0 Å². The molecule has 1 aliphatic heterocycles. The summed E-state index contributed by atoms with van der Waals surface area (Å²) in [4.78, 5) is 29.2. The highest BCUT2D eigenvalue weighted by atomic mass is 35.5. The minimum absolute atomic E-state index is 0.0474. The Morgan fingerprint density at radius 2 is 1.96 bits per heavy atom. The van der Waals surface area contributed by atoms with Gasteiger partial charge in [0.25, 0.3) is 5.91 Å². The number of aromatic nitrogens is 1. The van der Waals surface area contributed by atoms with Crippen LogP contribution >= 0.6 is 11.6 Å². The standard InChI is InChI=1S/C17H18ClN3O2.CH4O/c1-11(8-16(22)21-6-2-3-7-21)19-17(23)15-10-12-9-13(18)4-5-14(12)20-15;1-2/h2-5,9-11,20H,6-8H2,1H3,(H,19,23);2H,1H3/t11-;/m0./s1. The molecule has 3 rings (SSSR count). The summed E-state index contributed by atoms with van der Waals surface area (Å²) in [7, 11) is 1.00. The zero-order valence-electron chi connectivity index (χ0n) is 14.3. The smallest absolute Gasteiger partial charge is 0.267 e. The Labute approximate surface area is 151 Å². The van der Waals surface area contributed by atoms with Gasteiger partial charge < -0.3 is 20.3 Å². The average molecular weight is 364 g/mol. The maximum atomic E-state index is 12.3. The molecule has 1 atom stereocenters. The SMILES string of the molecule is CO.C[C@@H](CC(=O)N1CC=CC1)NC(=O)c1cc2cc(Cl)ccc2[nH]1. The van der Waals surface area contributed by atoms with Crippen molar-refractivity contribution in [3.8, 4) is 0 Å². The molecule has 0 saturated carbocycles. The molecule has 3 N–H and O–H groups in total. The Morgan fingerprint density at radius 3 is 2.64 bits per heavy atom. The lowest BCUT2D eigenvalue weighted by atomic mass is 10.2. The van der Waals surface area contributed by atoms with E-state index in [0.29, 0.717) is 30.2 Å². The average Bonchev–Trinajstić information content (AvgIpc) is 3.25. The number of halogens is 1. The van der Waals surface area contributed by atoms with E-state index in [9.17, 15) is 9.59 Å². The largest absolute Gasteiger partial charge is 0.400 e. The van der Waals surface area contributed by atoms with E-state index < -0.39 is 0 Å². The lowest BCUT2D eigenvalue weighted by Gasteiger charge is -2.19. The first-order valence-corrected chi connectivity index (χ1v) is 8.37. The third kappa shape index (κ3) is 4.84. The minimum Gasteiger partial charge on any atom is -0.400 e. The predicted molar refractivity (Wildman–Crippen MR) is 98.7 cm³/mol.